The number of benzene rings is 2. The van der Waals surface area contributed by atoms with E-state index in [1.54, 1.807) is 12.1 Å². The van der Waals surface area contributed by atoms with Crippen molar-refractivity contribution in [2.75, 3.05) is 0 Å². The van der Waals surface area contributed by atoms with Gasteiger partial charge >= 0.3 is 0 Å². The number of non-ortho nitro benzene ring substituents is 1. The van der Waals surface area contributed by atoms with Crippen LogP contribution in [0.1, 0.15) is 21.7 Å². The predicted molar refractivity (Wildman–Crippen MR) is 111 cm³/mol. The van der Waals surface area contributed by atoms with Gasteiger partial charge in [0, 0.05) is 40.2 Å². The van der Waals surface area contributed by atoms with Gasteiger partial charge < -0.3 is 14.7 Å². The average Bonchev–Trinajstić information content (AvgIpc) is 3.23. The number of rotatable bonds is 4. The first-order valence-electron chi connectivity index (χ1n) is 9.05. The number of aromatic hydroxyl groups is 1. The minimum atomic E-state index is -0.596. The molecule has 0 unspecified atom stereocenters. The molecular formula is C21H17N5O4. The predicted octanol–water partition coefficient (Wildman–Crippen LogP) is 5.11. The fraction of sp³-hybridized carbons (Fsp3) is 0.0952. The molecule has 0 radical (unpaired) electrons. The quantitative estimate of drug-likeness (QED) is 0.279. The van der Waals surface area contributed by atoms with Gasteiger partial charge in [-0.15, -0.1) is 10.2 Å². The Hall–Kier alpha value is -4.27. The zero-order chi connectivity index (χ0) is 21.4. The van der Waals surface area contributed by atoms with Gasteiger partial charge in [-0.25, -0.2) is 0 Å². The van der Waals surface area contributed by atoms with E-state index in [9.17, 15) is 20.0 Å². The molecule has 0 saturated heterocycles. The maximum atomic E-state index is 12.4. The molecule has 0 fully saturated rings. The molecule has 9 nitrogen and oxygen atoms in total. The van der Waals surface area contributed by atoms with E-state index in [0.29, 0.717) is 16.5 Å². The number of amides is 1. The van der Waals surface area contributed by atoms with Crippen LogP contribution >= 0.6 is 0 Å². The first kappa shape index (κ1) is 19.1. The Bertz CT molecular complexity index is 1300. The number of aromatic nitrogens is 2. The molecule has 2 aromatic heterocycles. The summed E-state index contributed by atoms with van der Waals surface area (Å²) >= 11 is 0. The summed E-state index contributed by atoms with van der Waals surface area (Å²) < 4.78 is 2.06. The number of carbonyl (C=O) groups is 1. The fourth-order valence-corrected chi connectivity index (χ4v) is 3.35. The molecular weight excluding hydrogens is 386 g/mol. The van der Waals surface area contributed by atoms with Crippen molar-refractivity contribution in [2.24, 2.45) is 10.2 Å². The van der Waals surface area contributed by atoms with Gasteiger partial charge in [-0.05, 0) is 56.3 Å². The van der Waals surface area contributed by atoms with Gasteiger partial charge in [0.25, 0.3) is 11.6 Å². The van der Waals surface area contributed by atoms with E-state index in [2.05, 4.69) is 19.8 Å². The molecule has 2 heterocycles. The summed E-state index contributed by atoms with van der Waals surface area (Å²) in [6, 6.07) is 15.0. The van der Waals surface area contributed by atoms with Crippen LogP contribution in [0, 0.1) is 24.0 Å². The van der Waals surface area contributed by atoms with E-state index in [4.69, 9.17) is 0 Å². The van der Waals surface area contributed by atoms with Crippen LogP contribution in [0.4, 0.5) is 11.4 Å². The Morgan fingerprint density at radius 3 is 2.37 bits per heavy atom. The molecule has 0 bridgehead atoms. The summed E-state index contributed by atoms with van der Waals surface area (Å²) in [5.74, 6) is -0.919. The van der Waals surface area contributed by atoms with Crippen LogP contribution in [-0.4, -0.2) is 25.5 Å². The van der Waals surface area contributed by atoms with Crippen molar-refractivity contribution in [2.45, 2.75) is 13.8 Å². The van der Waals surface area contributed by atoms with E-state index in [1.807, 2.05) is 38.1 Å². The summed E-state index contributed by atoms with van der Waals surface area (Å²) in [6.45, 7) is 4.00. The largest absolute Gasteiger partial charge is 0.493 e. The number of aryl methyl sites for hydroxylation is 2. The number of nitrogens with zero attached hydrogens (tertiary/aromatic N) is 4. The van der Waals surface area contributed by atoms with E-state index in [-0.39, 0.29) is 17.3 Å². The number of nitro groups is 1. The highest BCUT2D eigenvalue weighted by molar-refractivity contribution is 5.97. The number of carbonyl (C=O) groups excluding carboxylic acids is 1. The standard InChI is InChI=1S/C21H17N5O4/c1-12-3-4-13(2)25(12)15-7-5-14(6-8-15)20(27)24-23-19-17-11-16(26(29)30)9-10-18(17)22-21(19)28/h3-11,22,28H,1-2H3. The molecule has 0 atom stereocenters. The van der Waals surface area contributed by atoms with Crippen molar-refractivity contribution >= 4 is 28.2 Å². The summed E-state index contributed by atoms with van der Waals surface area (Å²) in [5, 5.41) is 28.9. The van der Waals surface area contributed by atoms with Crippen molar-refractivity contribution < 1.29 is 14.8 Å². The Balaban J connectivity index is 1.62. The van der Waals surface area contributed by atoms with Crippen molar-refractivity contribution in [3.05, 3.63) is 81.7 Å². The first-order valence-corrected chi connectivity index (χ1v) is 9.05. The lowest BCUT2D eigenvalue weighted by molar-refractivity contribution is -0.384. The van der Waals surface area contributed by atoms with Crippen molar-refractivity contribution in [1.82, 2.24) is 9.55 Å². The molecule has 0 aliphatic rings. The lowest BCUT2D eigenvalue weighted by Crippen LogP contribution is -2.00. The van der Waals surface area contributed by atoms with E-state index >= 15 is 0 Å². The van der Waals surface area contributed by atoms with E-state index < -0.39 is 10.8 Å². The van der Waals surface area contributed by atoms with Gasteiger partial charge in [0.15, 0.2) is 5.69 Å². The maximum absolute atomic E-state index is 12.4. The summed E-state index contributed by atoms with van der Waals surface area (Å²) in [6.07, 6.45) is 0. The van der Waals surface area contributed by atoms with Crippen LogP contribution in [0.2, 0.25) is 0 Å². The highest BCUT2D eigenvalue weighted by atomic mass is 16.6. The molecule has 9 heteroatoms. The fourth-order valence-electron chi connectivity index (χ4n) is 3.35. The van der Waals surface area contributed by atoms with E-state index in [1.165, 1.54) is 18.2 Å². The Morgan fingerprint density at radius 2 is 1.73 bits per heavy atom. The van der Waals surface area contributed by atoms with Gasteiger partial charge in [-0.1, -0.05) is 0 Å². The zero-order valence-corrected chi connectivity index (χ0v) is 16.2. The minimum Gasteiger partial charge on any atom is -0.493 e. The summed E-state index contributed by atoms with van der Waals surface area (Å²) in [4.78, 5) is 25.5. The first-order chi connectivity index (χ1) is 14.3. The number of azo groups is 1. The summed E-state index contributed by atoms with van der Waals surface area (Å²) in [7, 11) is 0. The molecule has 0 aliphatic heterocycles. The lowest BCUT2D eigenvalue weighted by Gasteiger charge is -2.09. The van der Waals surface area contributed by atoms with Crippen LogP contribution in [0.3, 0.4) is 0 Å². The summed E-state index contributed by atoms with van der Waals surface area (Å²) in [5.41, 5.74) is 3.67. The van der Waals surface area contributed by atoms with Crippen LogP contribution in [0.15, 0.2) is 64.8 Å². The molecule has 1 amide bonds. The maximum Gasteiger partial charge on any atom is 0.295 e. The second-order valence-electron chi connectivity index (χ2n) is 6.81. The number of hydrogen-bond acceptors (Lipinski definition) is 5. The van der Waals surface area contributed by atoms with Crippen molar-refractivity contribution in [3.8, 4) is 11.6 Å². The minimum absolute atomic E-state index is 0.0303. The SMILES string of the molecule is Cc1ccc(C)n1-c1ccc(C(=O)N=Nc2c(O)[nH]c3ccc([N+](=O)[O-])cc23)cc1. The molecule has 2 aromatic carbocycles. The number of aromatic amines is 1. The zero-order valence-electron chi connectivity index (χ0n) is 16.2. The Kier molecular flexibility index (Phi) is 4.63. The number of fused-ring (bicyclic) bond motifs is 1. The highest BCUT2D eigenvalue weighted by Gasteiger charge is 2.15. The van der Waals surface area contributed by atoms with Crippen LogP contribution in [-0.2, 0) is 0 Å². The van der Waals surface area contributed by atoms with Gasteiger partial charge in [0.1, 0.15) is 0 Å². The monoisotopic (exact) mass is 403 g/mol. The van der Waals surface area contributed by atoms with Gasteiger partial charge in [-0.2, -0.15) is 0 Å². The van der Waals surface area contributed by atoms with Gasteiger partial charge in [-0.3, -0.25) is 14.9 Å². The third kappa shape index (κ3) is 3.32. The second kappa shape index (κ2) is 7.28. The molecule has 4 aromatic rings. The third-order valence-electron chi connectivity index (χ3n) is 4.83. The molecule has 4 rings (SSSR count). The smallest absolute Gasteiger partial charge is 0.295 e. The Morgan fingerprint density at radius 1 is 1.07 bits per heavy atom. The van der Waals surface area contributed by atoms with Crippen molar-refractivity contribution in [1.29, 1.82) is 0 Å². The number of H-pyrrole nitrogens is 1. The topological polar surface area (TPSA) is 126 Å². The molecule has 2 N–H and O–H groups in total. The number of nitrogens with one attached hydrogen (secondary N) is 1. The van der Waals surface area contributed by atoms with Crippen LogP contribution in [0.25, 0.3) is 16.6 Å². The van der Waals surface area contributed by atoms with Crippen LogP contribution in [0.5, 0.6) is 5.88 Å². The molecule has 150 valence electrons. The van der Waals surface area contributed by atoms with E-state index in [0.717, 1.165) is 17.1 Å². The number of hydrogen-bond donors (Lipinski definition) is 2. The van der Waals surface area contributed by atoms with Gasteiger partial charge in [0.05, 0.1) is 10.4 Å². The van der Waals surface area contributed by atoms with Crippen molar-refractivity contribution in [3.63, 3.8) is 0 Å². The third-order valence-corrected chi connectivity index (χ3v) is 4.83. The van der Waals surface area contributed by atoms with Gasteiger partial charge in [0.2, 0.25) is 5.88 Å². The lowest BCUT2D eigenvalue weighted by atomic mass is 10.2. The molecule has 0 spiro atoms. The molecule has 30 heavy (non-hydrogen) atoms. The molecule has 0 saturated carbocycles. The normalized spacial score (nSPS) is 11.4. The number of nitro benzene ring substituents is 1. The Labute approximate surface area is 170 Å². The van der Waals surface area contributed by atoms with Crippen LogP contribution < -0.4 is 0 Å². The average molecular weight is 403 g/mol. The molecule has 0 aliphatic carbocycles. The second-order valence-corrected chi connectivity index (χ2v) is 6.81. The highest BCUT2D eigenvalue weighted by Crippen LogP contribution is 2.37.